The van der Waals surface area contributed by atoms with E-state index in [9.17, 15) is 0 Å². The fourth-order valence-electron chi connectivity index (χ4n) is 2.99. The summed E-state index contributed by atoms with van der Waals surface area (Å²) in [7, 11) is 0. The molecule has 0 atom stereocenters. The molecule has 1 heterocycles. The number of hydrogen-bond acceptors (Lipinski definition) is 1. The minimum atomic E-state index is 1.08. The minimum absolute atomic E-state index is 1.08. The van der Waals surface area contributed by atoms with E-state index >= 15 is 0 Å². The molecule has 23 heavy (non-hydrogen) atoms. The predicted molar refractivity (Wildman–Crippen MR) is 107 cm³/mol. The molecule has 1 saturated heterocycles. The Morgan fingerprint density at radius 3 is 2.39 bits per heavy atom. The third-order valence-electron chi connectivity index (χ3n) is 4.44. The number of nitrogens with zero attached hydrogens (tertiary/aromatic N) is 1. The van der Waals surface area contributed by atoms with Gasteiger partial charge in [-0.05, 0) is 67.3 Å². The molecule has 120 valence electrons. The first-order valence-corrected chi connectivity index (χ1v) is 9.67. The van der Waals surface area contributed by atoms with Crippen molar-refractivity contribution in [3.63, 3.8) is 0 Å². The first-order chi connectivity index (χ1) is 11.1. The highest BCUT2D eigenvalue weighted by Crippen LogP contribution is 2.31. The summed E-state index contributed by atoms with van der Waals surface area (Å²) in [6.07, 6.45) is 5.06. The van der Waals surface area contributed by atoms with Crippen molar-refractivity contribution in [2.45, 2.75) is 19.8 Å². The van der Waals surface area contributed by atoms with Gasteiger partial charge in [0.15, 0.2) is 0 Å². The summed E-state index contributed by atoms with van der Waals surface area (Å²) in [5.41, 5.74) is 5.12. The monoisotopic (exact) mass is 433 g/mol. The van der Waals surface area contributed by atoms with Gasteiger partial charge in [0.2, 0.25) is 0 Å². The second-order valence-corrected chi connectivity index (χ2v) is 7.87. The van der Waals surface area contributed by atoms with Crippen molar-refractivity contribution in [2.75, 3.05) is 19.6 Å². The molecule has 1 nitrogen and oxygen atoms in total. The molecule has 0 radical (unpaired) electrons. The molecule has 1 aliphatic rings. The second kappa shape index (κ2) is 7.78. The first-order valence-electron chi connectivity index (χ1n) is 8.08. The summed E-state index contributed by atoms with van der Waals surface area (Å²) in [6.45, 7) is 5.78. The van der Waals surface area contributed by atoms with Gasteiger partial charge in [0, 0.05) is 15.5 Å². The fraction of sp³-hybridized carbons (Fsp3) is 0.300. The van der Waals surface area contributed by atoms with Crippen LogP contribution in [0.1, 0.15) is 25.3 Å². The molecule has 2 aromatic carbocycles. The highest BCUT2D eigenvalue weighted by molar-refractivity contribution is 9.11. The summed E-state index contributed by atoms with van der Waals surface area (Å²) in [4.78, 5) is 2.52. The van der Waals surface area contributed by atoms with Crippen LogP contribution in [0.15, 0.2) is 57.5 Å². The van der Waals surface area contributed by atoms with E-state index in [0.29, 0.717) is 0 Å². The van der Waals surface area contributed by atoms with Crippen molar-refractivity contribution in [2.24, 2.45) is 0 Å². The molecule has 0 spiro atoms. The SMILES string of the molecule is C/C(=C/CN1CCCC1)c1ccc(-c2ccc(Br)cc2Br)cc1. The van der Waals surface area contributed by atoms with E-state index in [1.807, 2.05) is 0 Å². The predicted octanol–water partition coefficient (Wildman–Crippen LogP) is 6.38. The van der Waals surface area contributed by atoms with Crippen LogP contribution < -0.4 is 0 Å². The highest BCUT2D eigenvalue weighted by Gasteiger charge is 2.09. The molecule has 1 fully saturated rings. The van der Waals surface area contributed by atoms with Gasteiger partial charge in [-0.3, -0.25) is 4.90 Å². The van der Waals surface area contributed by atoms with E-state index in [4.69, 9.17) is 0 Å². The van der Waals surface area contributed by atoms with Crippen LogP contribution in [-0.2, 0) is 0 Å². The summed E-state index contributed by atoms with van der Waals surface area (Å²) in [5, 5.41) is 0. The molecule has 3 heteroatoms. The zero-order valence-electron chi connectivity index (χ0n) is 13.4. The lowest BCUT2D eigenvalue weighted by Crippen LogP contribution is -2.18. The van der Waals surface area contributed by atoms with E-state index in [0.717, 1.165) is 15.5 Å². The van der Waals surface area contributed by atoms with Crippen LogP contribution in [0.3, 0.4) is 0 Å². The number of likely N-dealkylation sites (tertiary alicyclic amines) is 1. The highest BCUT2D eigenvalue weighted by atomic mass is 79.9. The number of rotatable bonds is 4. The Hall–Kier alpha value is -0.900. The Morgan fingerprint density at radius 2 is 1.74 bits per heavy atom. The largest absolute Gasteiger partial charge is 0.300 e. The standard InChI is InChI=1S/C20H21Br2N/c1-15(10-13-23-11-2-3-12-23)16-4-6-17(7-5-16)19-9-8-18(21)14-20(19)22/h4-10,14H,2-3,11-13H2,1H3/b15-10-. The minimum Gasteiger partial charge on any atom is -0.300 e. The van der Waals surface area contributed by atoms with Crippen molar-refractivity contribution in [3.8, 4) is 11.1 Å². The summed E-state index contributed by atoms with van der Waals surface area (Å²) in [6, 6.07) is 15.2. The topological polar surface area (TPSA) is 3.24 Å². The molecule has 0 unspecified atom stereocenters. The lowest BCUT2D eigenvalue weighted by Gasteiger charge is -2.12. The number of halogens is 2. The lowest BCUT2D eigenvalue weighted by atomic mass is 10.0. The van der Waals surface area contributed by atoms with Gasteiger partial charge in [0.25, 0.3) is 0 Å². The van der Waals surface area contributed by atoms with Gasteiger partial charge >= 0.3 is 0 Å². The quantitative estimate of drug-likeness (QED) is 0.539. The fourth-order valence-corrected chi connectivity index (χ4v) is 4.26. The van der Waals surface area contributed by atoms with Crippen LogP contribution >= 0.6 is 31.9 Å². The van der Waals surface area contributed by atoms with Crippen molar-refractivity contribution in [3.05, 3.63) is 63.0 Å². The third-order valence-corrected chi connectivity index (χ3v) is 5.59. The summed E-state index contributed by atoms with van der Waals surface area (Å²) >= 11 is 7.15. The Labute approximate surface area is 155 Å². The molecule has 0 aliphatic carbocycles. The van der Waals surface area contributed by atoms with Crippen molar-refractivity contribution in [1.29, 1.82) is 0 Å². The van der Waals surface area contributed by atoms with E-state index in [-0.39, 0.29) is 0 Å². The average Bonchev–Trinajstić information content (AvgIpc) is 3.06. The van der Waals surface area contributed by atoms with E-state index in [1.54, 1.807) is 0 Å². The number of benzene rings is 2. The molecule has 0 amide bonds. The van der Waals surface area contributed by atoms with Gasteiger partial charge in [-0.1, -0.05) is 68.3 Å². The van der Waals surface area contributed by atoms with Crippen LogP contribution in [0.5, 0.6) is 0 Å². The van der Waals surface area contributed by atoms with Crippen molar-refractivity contribution >= 4 is 37.4 Å². The summed E-state index contributed by atoms with van der Waals surface area (Å²) in [5.74, 6) is 0. The van der Waals surface area contributed by atoms with Gasteiger partial charge in [-0.15, -0.1) is 0 Å². The average molecular weight is 435 g/mol. The van der Waals surface area contributed by atoms with Gasteiger partial charge in [0.05, 0.1) is 0 Å². The molecule has 2 aromatic rings. The Morgan fingerprint density at radius 1 is 1.04 bits per heavy atom. The van der Waals surface area contributed by atoms with Gasteiger partial charge < -0.3 is 0 Å². The van der Waals surface area contributed by atoms with E-state index in [1.165, 1.54) is 48.2 Å². The van der Waals surface area contributed by atoms with Gasteiger partial charge in [0.1, 0.15) is 0 Å². The maximum absolute atomic E-state index is 3.65. The number of hydrogen-bond donors (Lipinski definition) is 0. The van der Waals surface area contributed by atoms with E-state index in [2.05, 4.69) is 92.2 Å². The smallest absolute Gasteiger partial charge is 0.0264 e. The Bertz CT molecular complexity index is 698. The Balaban J connectivity index is 1.74. The Kier molecular flexibility index (Phi) is 5.73. The maximum Gasteiger partial charge on any atom is 0.0264 e. The lowest BCUT2D eigenvalue weighted by molar-refractivity contribution is 0.377. The molecular weight excluding hydrogens is 414 g/mol. The molecular formula is C20H21Br2N. The number of allylic oxidation sites excluding steroid dienone is 1. The van der Waals surface area contributed by atoms with Crippen LogP contribution in [0.25, 0.3) is 16.7 Å². The van der Waals surface area contributed by atoms with Crippen molar-refractivity contribution in [1.82, 2.24) is 4.90 Å². The second-order valence-electron chi connectivity index (χ2n) is 6.10. The molecule has 0 saturated carbocycles. The molecule has 0 aromatic heterocycles. The molecule has 0 bridgehead atoms. The zero-order valence-corrected chi connectivity index (χ0v) is 16.5. The zero-order chi connectivity index (χ0) is 16.2. The summed E-state index contributed by atoms with van der Waals surface area (Å²) < 4.78 is 2.20. The maximum atomic E-state index is 3.65. The van der Waals surface area contributed by atoms with Gasteiger partial charge in [-0.2, -0.15) is 0 Å². The third kappa shape index (κ3) is 4.34. The van der Waals surface area contributed by atoms with Crippen molar-refractivity contribution < 1.29 is 0 Å². The molecule has 3 rings (SSSR count). The van der Waals surface area contributed by atoms with Crippen LogP contribution in [0.2, 0.25) is 0 Å². The molecule has 0 N–H and O–H groups in total. The first kappa shape index (κ1) is 16.9. The van der Waals surface area contributed by atoms with Crippen LogP contribution in [-0.4, -0.2) is 24.5 Å². The van der Waals surface area contributed by atoms with Crippen LogP contribution in [0.4, 0.5) is 0 Å². The normalized spacial score (nSPS) is 16.0. The molecule has 1 aliphatic heterocycles. The van der Waals surface area contributed by atoms with Gasteiger partial charge in [-0.25, -0.2) is 0 Å². The van der Waals surface area contributed by atoms with Crippen LogP contribution in [0, 0.1) is 0 Å². The van der Waals surface area contributed by atoms with E-state index < -0.39 is 0 Å².